The Hall–Kier alpha value is -1.82. The molecule has 0 bridgehead atoms. The zero-order chi connectivity index (χ0) is 18.8. The van der Waals surface area contributed by atoms with Crippen LogP contribution in [0.15, 0.2) is 42.5 Å². The average Bonchev–Trinajstić information content (AvgIpc) is 3.13. The third-order valence-electron chi connectivity index (χ3n) is 6.09. The fourth-order valence-electron chi connectivity index (χ4n) is 4.62. The highest BCUT2D eigenvalue weighted by molar-refractivity contribution is 5.27. The van der Waals surface area contributed by atoms with Gasteiger partial charge in [-0.05, 0) is 55.0 Å². The van der Waals surface area contributed by atoms with E-state index in [1.165, 1.54) is 17.2 Å². The van der Waals surface area contributed by atoms with E-state index in [2.05, 4.69) is 46.9 Å². The molecular formula is C22H27F2N3. The van der Waals surface area contributed by atoms with Gasteiger partial charge in [0.15, 0.2) is 0 Å². The van der Waals surface area contributed by atoms with Gasteiger partial charge in [0.05, 0.1) is 0 Å². The van der Waals surface area contributed by atoms with Gasteiger partial charge in [-0.3, -0.25) is 15.8 Å². The van der Waals surface area contributed by atoms with Crippen molar-refractivity contribution in [2.75, 3.05) is 19.6 Å². The first-order valence-corrected chi connectivity index (χ1v) is 9.82. The summed E-state index contributed by atoms with van der Waals surface area (Å²) in [6.07, 6.45) is 2.27. The molecule has 2 aliphatic heterocycles. The van der Waals surface area contributed by atoms with E-state index in [1.54, 1.807) is 6.07 Å². The Morgan fingerprint density at radius 3 is 2.81 bits per heavy atom. The maximum absolute atomic E-state index is 14.3. The summed E-state index contributed by atoms with van der Waals surface area (Å²) in [5.41, 5.74) is 9.88. The number of nitrogens with one attached hydrogen (secondary N) is 2. The van der Waals surface area contributed by atoms with Crippen molar-refractivity contribution in [3.63, 3.8) is 0 Å². The third-order valence-corrected chi connectivity index (χ3v) is 6.09. The molecule has 0 aliphatic carbocycles. The van der Waals surface area contributed by atoms with Gasteiger partial charge in [0.1, 0.15) is 11.6 Å². The van der Waals surface area contributed by atoms with Crippen LogP contribution < -0.4 is 10.9 Å². The number of halogens is 2. The van der Waals surface area contributed by atoms with Crippen LogP contribution >= 0.6 is 0 Å². The van der Waals surface area contributed by atoms with Crippen LogP contribution in [0.1, 0.15) is 35.4 Å². The van der Waals surface area contributed by atoms with Gasteiger partial charge in [-0.15, -0.1) is 0 Å². The van der Waals surface area contributed by atoms with Crippen molar-refractivity contribution in [1.29, 1.82) is 0 Å². The second-order valence-corrected chi connectivity index (χ2v) is 7.89. The van der Waals surface area contributed by atoms with Gasteiger partial charge in [0.25, 0.3) is 0 Å². The smallest absolute Gasteiger partial charge is 0.129 e. The summed E-state index contributed by atoms with van der Waals surface area (Å²) < 4.78 is 27.6. The molecular weight excluding hydrogens is 344 g/mol. The minimum atomic E-state index is -0.520. The molecule has 3 atom stereocenters. The highest BCUT2D eigenvalue weighted by atomic mass is 19.1. The topological polar surface area (TPSA) is 27.3 Å². The lowest BCUT2D eigenvalue weighted by molar-refractivity contribution is 0.139. The van der Waals surface area contributed by atoms with Gasteiger partial charge in [-0.1, -0.05) is 30.3 Å². The van der Waals surface area contributed by atoms with Crippen molar-refractivity contribution in [2.45, 2.75) is 38.3 Å². The van der Waals surface area contributed by atoms with Crippen LogP contribution in [0.2, 0.25) is 0 Å². The summed E-state index contributed by atoms with van der Waals surface area (Å²) in [5, 5.41) is 0. The summed E-state index contributed by atoms with van der Waals surface area (Å²) in [5.74, 6) is -0.502. The number of aryl methyl sites for hydroxylation is 1. The van der Waals surface area contributed by atoms with Crippen LogP contribution in [0.4, 0.5) is 8.78 Å². The maximum Gasteiger partial charge on any atom is 0.129 e. The van der Waals surface area contributed by atoms with Crippen molar-refractivity contribution in [1.82, 2.24) is 15.8 Å². The van der Waals surface area contributed by atoms with E-state index in [-0.39, 0.29) is 12.0 Å². The Labute approximate surface area is 159 Å². The number of hydrazine groups is 1. The fourth-order valence-corrected chi connectivity index (χ4v) is 4.62. The lowest BCUT2D eigenvalue weighted by Crippen LogP contribution is -2.46. The Bertz CT molecular complexity index is 795. The molecule has 27 heavy (non-hydrogen) atoms. The standard InChI is InChI=1S/C22H27F2N3/c1-15-5-2-3-6-16(15)13-27-10-4-7-17(14-27)22-20(12-25-26-22)19-9-8-18(23)11-21(19)24/h2-3,5-6,8-9,11,17,20,22,25-26H,4,7,10,12-14H2,1H3. The normalized spacial score (nSPS) is 26.4. The molecule has 2 aromatic rings. The molecule has 0 amide bonds. The van der Waals surface area contributed by atoms with E-state index >= 15 is 0 Å². The van der Waals surface area contributed by atoms with Crippen LogP contribution in [-0.4, -0.2) is 30.6 Å². The van der Waals surface area contributed by atoms with Crippen molar-refractivity contribution >= 4 is 0 Å². The largest absolute Gasteiger partial charge is 0.299 e. The maximum atomic E-state index is 14.3. The predicted molar refractivity (Wildman–Crippen MR) is 103 cm³/mol. The molecule has 5 heteroatoms. The third kappa shape index (κ3) is 4.05. The molecule has 2 fully saturated rings. The molecule has 3 unspecified atom stereocenters. The molecule has 144 valence electrons. The van der Waals surface area contributed by atoms with Gasteiger partial charge >= 0.3 is 0 Å². The number of piperidine rings is 1. The molecule has 2 N–H and O–H groups in total. The number of hydrogen-bond acceptors (Lipinski definition) is 3. The summed E-state index contributed by atoms with van der Waals surface area (Å²) in [7, 11) is 0. The van der Waals surface area contributed by atoms with Crippen LogP contribution in [0.3, 0.4) is 0 Å². The second kappa shape index (κ2) is 8.05. The van der Waals surface area contributed by atoms with Crippen molar-refractivity contribution in [3.05, 3.63) is 70.8 Å². The Kier molecular flexibility index (Phi) is 5.53. The van der Waals surface area contributed by atoms with E-state index in [4.69, 9.17) is 0 Å². The van der Waals surface area contributed by atoms with Crippen LogP contribution in [0.5, 0.6) is 0 Å². The molecule has 2 saturated heterocycles. The monoisotopic (exact) mass is 371 g/mol. The molecule has 0 aromatic heterocycles. The number of hydrogen-bond donors (Lipinski definition) is 2. The highest BCUT2D eigenvalue weighted by Gasteiger charge is 2.37. The Morgan fingerprint density at radius 1 is 1.15 bits per heavy atom. The lowest BCUT2D eigenvalue weighted by Gasteiger charge is -2.37. The van der Waals surface area contributed by atoms with E-state index in [0.29, 0.717) is 18.0 Å². The van der Waals surface area contributed by atoms with Crippen LogP contribution in [-0.2, 0) is 6.54 Å². The lowest BCUT2D eigenvalue weighted by atomic mass is 9.81. The van der Waals surface area contributed by atoms with Gasteiger partial charge in [-0.2, -0.15) is 0 Å². The van der Waals surface area contributed by atoms with Crippen molar-refractivity contribution < 1.29 is 8.78 Å². The molecule has 3 nitrogen and oxygen atoms in total. The van der Waals surface area contributed by atoms with Crippen LogP contribution in [0.25, 0.3) is 0 Å². The van der Waals surface area contributed by atoms with Gasteiger partial charge in [-0.25, -0.2) is 8.78 Å². The van der Waals surface area contributed by atoms with Crippen LogP contribution in [0, 0.1) is 24.5 Å². The molecule has 2 aromatic carbocycles. The van der Waals surface area contributed by atoms with E-state index in [1.807, 2.05) is 0 Å². The van der Waals surface area contributed by atoms with Crippen molar-refractivity contribution in [2.24, 2.45) is 5.92 Å². The predicted octanol–water partition coefficient (Wildman–Crippen LogP) is 3.75. The van der Waals surface area contributed by atoms with Crippen molar-refractivity contribution in [3.8, 4) is 0 Å². The molecule has 0 saturated carbocycles. The minimum absolute atomic E-state index is 0.0222. The van der Waals surface area contributed by atoms with E-state index < -0.39 is 11.6 Å². The molecule has 0 spiro atoms. The number of rotatable bonds is 4. The number of benzene rings is 2. The second-order valence-electron chi connectivity index (χ2n) is 7.89. The van der Waals surface area contributed by atoms with E-state index in [0.717, 1.165) is 38.5 Å². The van der Waals surface area contributed by atoms with Gasteiger partial charge in [0, 0.05) is 37.7 Å². The Balaban J connectivity index is 1.48. The summed E-state index contributed by atoms with van der Waals surface area (Å²) in [6.45, 7) is 5.88. The zero-order valence-electron chi connectivity index (χ0n) is 15.7. The molecule has 2 heterocycles. The first-order valence-electron chi connectivity index (χ1n) is 9.82. The van der Waals surface area contributed by atoms with Gasteiger partial charge in [0.2, 0.25) is 0 Å². The van der Waals surface area contributed by atoms with E-state index in [9.17, 15) is 8.78 Å². The minimum Gasteiger partial charge on any atom is -0.299 e. The first kappa shape index (κ1) is 18.5. The average molecular weight is 371 g/mol. The highest BCUT2D eigenvalue weighted by Crippen LogP contribution is 2.33. The SMILES string of the molecule is Cc1ccccc1CN1CCCC(C2NNCC2c2ccc(F)cc2F)C1. The fraction of sp³-hybridized carbons (Fsp3) is 0.455. The molecule has 0 radical (unpaired) electrons. The number of likely N-dealkylation sites (tertiary alicyclic amines) is 1. The van der Waals surface area contributed by atoms with Gasteiger partial charge < -0.3 is 0 Å². The Morgan fingerprint density at radius 2 is 2.00 bits per heavy atom. The number of nitrogens with zero attached hydrogens (tertiary/aromatic N) is 1. The summed E-state index contributed by atoms with van der Waals surface area (Å²) >= 11 is 0. The molecule has 2 aliphatic rings. The zero-order valence-corrected chi connectivity index (χ0v) is 15.7. The summed E-state index contributed by atoms with van der Waals surface area (Å²) in [4.78, 5) is 2.51. The first-order chi connectivity index (χ1) is 13.1. The molecule has 4 rings (SSSR count). The summed E-state index contributed by atoms with van der Waals surface area (Å²) in [6, 6.07) is 12.6. The quantitative estimate of drug-likeness (QED) is 0.857.